The lowest BCUT2D eigenvalue weighted by molar-refractivity contribution is -0.125. The molecule has 0 aromatic heterocycles. The fourth-order valence-electron chi connectivity index (χ4n) is 2.49. The van der Waals surface area contributed by atoms with E-state index < -0.39 is 0 Å². The molecule has 1 aromatic rings. The zero-order valence-electron chi connectivity index (χ0n) is 12.4. The number of benzene rings is 1. The highest BCUT2D eigenvalue weighted by atomic mass is 79.9. The number of amides is 1. The first kappa shape index (κ1) is 16.1. The van der Waals surface area contributed by atoms with Crippen molar-refractivity contribution in [2.45, 2.75) is 19.4 Å². The van der Waals surface area contributed by atoms with E-state index in [0.29, 0.717) is 18.0 Å². The van der Waals surface area contributed by atoms with Gasteiger partial charge in [0.25, 0.3) is 0 Å². The molecule has 2 N–H and O–H groups in total. The standard InChI is InChI=1S/C15H21BrN2O3/c1-20-13-8-10(7-12(16)14(13)21-2)9-18-15(19)11-3-5-17-6-4-11/h7-8,11,17H,3-6,9H2,1-2H3,(H,18,19). The van der Waals surface area contributed by atoms with Gasteiger partial charge in [-0.2, -0.15) is 0 Å². The van der Waals surface area contributed by atoms with E-state index in [2.05, 4.69) is 26.6 Å². The minimum absolute atomic E-state index is 0.120. The minimum Gasteiger partial charge on any atom is -0.493 e. The normalized spacial score (nSPS) is 15.6. The van der Waals surface area contributed by atoms with Crippen LogP contribution in [0.3, 0.4) is 0 Å². The van der Waals surface area contributed by atoms with Crippen LogP contribution in [0.25, 0.3) is 0 Å². The van der Waals surface area contributed by atoms with Crippen molar-refractivity contribution in [3.8, 4) is 11.5 Å². The molecule has 2 rings (SSSR count). The van der Waals surface area contributed by atoms with Crippen molar-refractivity contribution >= 4 is 21.8 Å². The molecule has 1 fully saturated rings. The quantitative estimate of drug-likeness (QED) is 0.847. The van der Waals surface area contributed by atoms with E-state index in [4.69, 9.17) is 9.47 Å². The Morgan fingerprint density at radius 2 is 2.05 bits per heavy atom. The van der Waals surface area contributed by atoms with Crippen LogP contribution >= 0.6 is 15.9 Å². The van der Waals surface area contributed by atoms with Crippen LogP contribution in [-0.4, -0.2) is 33.2 Å². The Morgan fingerprint density at radius 1 is 1.33 bits per heavy atom. The van der Waals surface area contributed by atoms with Crippen LogP contribution in [0, 0.1) is 5.92 Å². The number of nitrogens with one attached hydrogen (secondary N) is 2. The Hall–Kier alpha value is -1.27. The van der Waals surface area contributed by atoms with Gasteiger partial charge in [-0.15, -0.1) is 0 Å². The van der Waals surface area contributed by atoms with Crippen molar-refractivity contribution in [2.24, 2.45) is 5.92 Å². The SMILES string of the molecule is COc1cc(CNC(=O)C2CCNCC2)cc(Br)c1OC. The van der Waals surface area contributed by atoms with Crippen molar-refractivity contribution in [1.29, 1.82) is 0 Å². The predicted molar refractivity (Wildman–Crippen MR) is 84.7 cm³/mol. The molecule has 0 saturated carbocycles. The van der Waals surface area contributed by atoms with E-state index in [1.54, 1.807) is 14.2 Å². The number of methoxy groups -OCH3 is 2. The third-order valence-electron chi connectivity index (χ3n) is 3.67. The van der Waals surface area contributed by atoms with Crippen LogP contribution in [0.1, 0.15) is 18.4 Å². The summed E-state index contributed by atoms with van der Waals surface area (Å²) >= 11 is 3.46. The molecule has 0 radical (unpaired) electrons. The lowest BCUT2D eigenvalue weighted by atomic mass is 9.97. The third-order valence-corrected chi connectivity index (χ3v) is 4.26. The summed E-state index contributed by atoms with van der Waals surface area (Å²) in [6.07, 6.45) is 1.81. The van der Waals surface area contributed by atoms with Gasteiger partial charge in [-0.1, -0.05) is 0 Å². The molecular weight excluding hydrogens is 336 g/mol. The van der Waals surface area contributed by atoms with Crippen molar-refractivity contribution in [2.75, 3.05) is 27.3 Å². The Kier molecular flexibility index (Phi) is 5.87. The zero-order valence-corrected chi connectivity index (χ0v) is 14.0. The lowest BCUT2D eigenvalue weighted by Gasteiger charge is -2.22. The Bertz CT molecular complexity index is 502. The summed E-state index contributed by atoms with van der Waals surface area (Å²) in [5, 5.41) is 6.26. The second kappa shape index (κ2) is 7.66. The second-order valence-electron chi connectivity index (χ2n) is 5.06. The highest BCUT2D eigenvalue weighted by molar-refractivity contribution is 9.10. The summed E-state index contributed by atoms with van der Waals surface area (Å²) in [7, 11) is 3.20. The maximum Gasteiger partial charge on any atom is 0.223 e. The number of halogens is 1. The molecular formula is C15H21BrN2O3. The predicted octanol–water partition coefficient (Wildman–Crippen LogP) is 2.08. The molecule has 0 bridgehead atoms. The van der Waals surface area contributed by atoms with Gasteiger partial charge in [0.1, 0.15) is 0 Å². The van der Waals surface area contributed by atoms with Crippen molar-refractivity contribution in [3.05, 3.63) is 22.2 Å². The summed E-state index contributed by atoms with van der Waals surface area (Å²) in [6, 6.07) is 3.82. The lowest BCUT2D eigenvalue weighted by Crippen LogP contribution is -2.37. The van der Waals surface area contributed by atoms with Gasteiger partial charge >= 0.3 is 0 Å². The minimum atomic E-state index is 0.120. The van der Waals surface area contributed by atoms with E-state index in [9.17, 15) is 4.79 Å². The summed E-state index contributed by atoms with van der Waals surface area (Å²) in [4.78, 5) is 12.1. The number of rotatable bonds is 5. The van der Waals surface area contributed by atoms with Crippen molar-refractivity contribution in [3.63, 3.8) is 0 Å². The highest BCUT2D eigenvalue weighted by Gasteiger charge is 2.20. The maximum atomic E-state index is 12.1. The number of piperidine rings is 1. The van der Waals surface area contributed by atoms with Gasteiger partial charge in [-0.05, 0) is 59.6 Å². The van der Waals surface area contributed by atoms with Gasteiger partial charge in [-0.25, -0.2) is 0 Å². The van der Waals surface area contributed by atoms with E-state index >= 15 is 0 Å². The van der Waals surface area contributed by atoms with Crippen LogP contribution in [0.2, 0.25) is 0 Å². The molecule has 1 aliphatic rings. The molecule has 0 unspecified atom stereocenters. The first-order valence-corrected chi connectivity index (χ1v) is 7.83. The van der Waals surface area contributed by atoms with Gasteiger partial charge in [0.05, 0.1) is 18.7 Å². The van der Waals surface area contributed by atoms with Crippen LogP contribution in [-0.2, 0) is 11.3 Å². The van der Waals surface area contributed by atoms with Gasteiger partial charge < -0.3 is 20.1 Å². The van der Waals surface area contributed by atoms with Gasteiger partial charge in [0.15, 0.2) is 11.5 Å². The number of carbonyl (C=O) groups excluding carboxylic acids is 1. The molecule has 5 nitrogen and oxygen atoms in total. The smallest absolute Gasteiger partial charge is 0.223 e. The molecule has 1 heterocycles. The molecule has 1 aliphatic heterocycles. The summed E-state index contributed by atoms with van der Waals surface area (Å²) in [6.45, 7) is 2.32. The second-order valence-corrected chi connectivity index (χ2v) is 5.91. The Balaban J connectivity index is 1.99. The Morgan fingerprint density at radius 3 is 2.67 bits per heavy atom. The summed E-state index contributed by atoms with van der Waals surface area (Å²) in [5.74, 6) is 1.56. The van der Waals surface area contributed by atoms with E-state index in [0.717, 1.165) is 36.0 Å². The van der Waals surface area contributed by atoms with Crippen molar-refractivity contribution in [1.82, 2.24) is 10.6 Å². The number of ether oxygens (including phenoxy) is 2. The zero-order chi connectivity index (χ0) is 15.2. The van der Waals surface area contributed by atoms with Crippen LogP contribution in [0.4, 0.5) is 0 Å². The van der Waals surface area contributed by atoms with Crippen LogP contribution < -0.4 is 20.1 Å². The molecule has 21 heavy (non-hydrogen) atoms. The molecule has 1 saturated heterocycles. The summed E-state index contributed by atoms with van der Waals surface area (Å²) < 4.78 is 11.4. The van der Waals surface area contributed by atoms with Crippen LogP contribution in [0.5, 0.6) is 11.5 Å². The molecule has 0 aliphatic carbocycles. The number of carbonyl (C=O) groups is 1. The highest BCUT2D eigenvalue weighted by Crippen LogP contribution is 2.36. The molecule has 0 atom stereocenters. The van der Waals surface area contributed by atoms with E-state index in [1.807, 2.05) is 12.1 Å². The monoisotopic (exact) mass is 356 g/mol. The fourth-order valence-corrected chi connectivity index (χ4v) is 3.14. The van der Waals surface area contributed by atoms with Crippen molar-refractivity contribution < 1.29 is 14.3 Å². The third kappa shape index (κ3) is 4.11. The Labute approximate surface area is 133 Å². The average molecular weight is 357 g/mol. The molecule has 116 valence electrons. The topological polar surface area (TPSA) is 59.6 Å². The van der Waals surface area contributed by atoms with Crippen LogP contribution in [0.15, 0.2) is 16.6 Å². The number of hydrogen-bond donors (Lipinski definition) is 2. The van der Waals surface area contributed by atoms with Gasteiger partial charge in [0.2, 0.25) is 5.91 Å². The van der Waals surface area contributed by atoms with E-state index in [1.165, 1.54) is 0 Å². The molecule has 0 spiro atoms. The fraction of sp³-hybridized carbons (Fsp3) is 0.533. The van der Waals surface area contributed by atoms with Gasteiger partial charge in [0, 0.05) is 12.5 Å². The first-order valence-electron chi connectivity index (χ1n) is 7.04. The van der Waals surface area contributed by atoms with Gasteiger partial charge in [-0.3, -0.25) is 4.79 Å². The maximum absolute atomic E-state index is 12.1. The average Bonchev–Trinajstić information content (AvgIpc) is 2.52. The molecule has 1 aromatic carbocycles. The first-order chi connectivity index (χ1) is 10.2. The molecule has 6 heteroatoms. The summed E-state index contributed by atoms with van der Waals surface area (Å²) in [5.41, 5.74) is 0.974. The number of hydrogen-bond acceptors (Lipinski definition) is 4. The largest absolute Gasteiger partial charge is 0.493 e. The molecule has 1 amide bonds. The van der Waals surface area contributed by atoms with E-state index in [-0.39, 0.29) is 11.8 Å².